The Bertz CT molecular complexity index is 706. The van der Waals surface area contributed by atoms with Gasteiger partial charge in [-0.3, -0.25) is 0 Å². The number of benzene rings is 3. The van der Waals surface area contributed by atoms with Gasteiger partial charge in [-0.1, -0.05) is 36.4 Å². The zero-order valence-electron chi connectivity index (χ0n) is 12.0. The fraction of sp³-hybridized carbons (Fsp3) is 0.0526. The quantitative estimate of drug-likeness (QED) is 0.658. The summed E-state index contributed by atoms with van der Waals surface area (Å²) < 4.78 is 0. The van der Waals surface area contributed by atoms with Gasteiger partial charge in [0.2, 0.25) is 0 Å². The van der Waals surface area contributed by atoms with Gasteiger partial charge in [0.05, 0.1) is 0 Å². The SMILES string of the molecule is Cc1cc(Nc2ccccc2)ccc1Nc1ccccc1. The molecule has 0 aliphatic rings. The van der Waals surface area contributed by atoms with E-state index in [1.54, 1.807) is 0 Å². The molecule has 2 heteroatoms. The Morgan fingerprint density at radius 1 is 0.571 bits per heavy atom. The van der Waals surface area contributed by atoms with Crippen LogP contribution < -0.4 is 10.6 Å². The maximum atomic E-state index is 3.44. The predicted molar refractivity (Wildman–Crippen MR) is 90.6 cm³/mol. The minimum Gasteiger partial charge on any atom is -0.356 e. The van der Waals surface area contributed by atoms with Crippen LogP contribution >= 0.6 is 0 Å². The lowest BCUT2D eigenvalue weighted by molar-refractivity contribution is 1.42. The highest BCUT2D eigenvalue weighted by molar-refractivity contribution is 5.69. The minimum atomic E-state index is 1.09. The average molecular weight is 274 g/mol. The molecule has 0 aliphatic carbocycles. The normalized spacial score (nSPS) is 10.1. The third kappa shape index (κ3) is 3.42. The van der Waals surface area contributed by atoms with E-state index < -0.39 is 0 Å². The first-order valence-corrected chi connectivity index (χ1v) is 7.06. The largest absolute Gasteiger partial charge is 0.356 e. The monoisotopic (exact) mass is 274 g/mol. The van der Waals surface area contributed by atoms with Crippen LogP contribution in [0.15, 0.2) is 78.9 Å². The second-order valence-corrected chi connectivity index (χ2v) is 5.01. The molecule has 0 radical (unpaired) electrons. The number of aryl methyl sites for hydroxylation is 1. The molecule has 3 aromatic rings. The van der Waals surface area contributed by atoms with Crippen molar-refractivity contribution >= 4 is 22.7 Å². The van der Waals surface area contributed by atoms with Gasteiger partial charge in [-0.15, -0.1) is 0 Å². The highest BCUT2D eigenvalue weighted by Crippen LogP contribution is 2.25. The molecule has 2 N–H and O–H groups in total. The summed E-state index contributed by atoms with van der Waals surface area (Å²) in [6, 6.07) is 26.8. The Labute approximate surface area is 125 Å². The Hall–Kier alpha value is -2.74. The fourth-order valence-corrected chi connectivity index (χ4v) is 2.25. The van der Waals surface area contributed by atoms with Crippen LogP contribution in [0, 0.1) is 6.92 Å². The van der Waals surface area contributed by atoms with Gasteiger partial charge in [0.1, 0.15) is 0 Å². The lowest BCUT2D eigenvalue weighted by Crippen LogP contribution is -1.95. The van der Waals surface area contributed by atoms with Gasteiger partial charge in [0.25, 0.3) is 0 Å². The Morgan fingerprint density at radius 2 is 1.14 bits per heavy atom. The van der Waals surface area contributed by atoms with Crippen molar-refractivity contribution in [3.8, 4) is 0 Å². The molecular formula is C19H18N2. The van der Waals surface area contributed by atoms with E-state index in [0.717, 1.165) is 22.7 Å². The molecule has 0 aliphatic heterocycles. The minimum absolute atomic E-state index is 1.09. The molecule has 0 unspecified atom stereocenters. The molecular weight excluding hydrogens is 256 g/mol. The summed E-state index contributed by atoms with van der Waals surface area (Å²) in [5.74, 6) is 0. The third-order valence-corrected chi connectivity index (χ3v) is 3.34. The van der Waals surface area contributed by atoms with Gasteiger partial charge in [-0.05, 0) is 55.0 Å². The van der Waals surface area contributed by atoms with Crippen LogP contribution in [-0.2, 0) is 0 Å². The zero-order valence-corrected chi connectivity index (χ0v) is 12.0. The number of anilines is 4. The molecule has 3 aromatic carbocycles. The Morgan fingerprint density at radius 3 is 1.71 bits per heavy atom. The summed E-state index contributed by atoms with van der Waals surface area (Å²) in [7, 11) is 0. The van der Waals surface area contributed by atoms with E-state index >= 15 is 0 Å². The Balaban J connectivity index is 1.77. The second kappa shape index (κ2) is 6.14. The first kappa shape index (κ1) is 13.3. The number of hydrogen-bond acceptors (Lipinski definition) is 2. The third-order valence-electron chi connectivity index (χ3n) is 3.34. The number of rotatable bonds is 4. The molecule has 104 valence electrons. The molecule has 0 fully saturated rings. The number of para-hydroxylation sites is 2. The van der Waals surface area contributed by atoms with Crippen molar-refractivity contribution < 1.29 is 0 Å². The fourth-order valence-electron chi connectivity index (χ4n) is 2.25. The van der Waals surface area contributed by atoms with Crippen LogP contribution in [0.1, 0.15) is 5.56 Å². The molecule has 0 amide bonds. The van der Waals surface area contributed by atoms with Crippen molar-refractivity contribution in [1.29, 1.82) is 0 Å². The molecule has 0 aromatic heterocycles. The van der Waals surface area contributed by atoms with Crippen molar-refractivity contribution in [1.82, 2.24) is 0 Å². The van der Waals surface area contributed by atoms with Gasteiger partial charge >= 0.3 is 0 Å². The van der Waals surface area contributed by atoms with E-state index in [1.165, 1.54) is 5.56 Å². The summed E-state index contributed by atoms with van der Waals surface area (Å²) in [4.78, 5) is 0. The van der Waals surface area contributed by atoms with Crippen molar-refractivity contribution in [2.75, 3.05) is 10.6 Å². The van der Waals surface area contributed by atoms with Crippen LogP contribution in [0.2, 0.25) is 0 Å². The summed E-state index contributed by atoms with van der Waals surface area (Å²) in [6.45, 7) is 2.11. The highest BCUT2D eigenvalue weighted by Gasteiger charge is 2.01. The molecule has 0 spiro atoms. The van der Waals surface area contributed by atoms with Gasteiger partial charge in [0, 0.05) is 22.7 Å². The van der Waals surface area contributed by atoms with Crippen LogP contribution in [0.4, 0.5) is 22.7 Å². The second-order valence-electron chi connectivity index (χ2n) is 5.01. The van der Waals surface area contributed by atoms with E-state index in [-0.39, 0.29) is 0 Å². The molecule has 3 rings (SSSR count). The molecule has 0 heterocycles. The average Bonchev–Trinajstić information content (AvgIpc) is 2.52. The molecule has 0 bridgehead atoms. The van der Waals surface area contributed by atoms with Crippen molar-refractivity contribution in [2.45, 2.75) is 6.92 Å². The lowest BCUT2D eigenvalue weighted by Gasteiger charge is -2.12. The molecule has 2 nitrogen and oxygen atoms in total. The van der Waals surface area contributed by atoms with Crippen molar-refractivity contribution in [2.24, 2.45) is 0 Å². The van der Waals surface area contributed by atoms with Crippen molar-refractivity contribution in [3.05, 3.63) is 84.4 Å². The molecule has 0 saturated carbocycles. The lowest BCUT2D eigenvalue weighted by atomic mass is 10.1. The molecule has 0 atom stereocenters. The summed E-state index contributed by atoms with van der Waals surface area (Å²) >= 11 is 0. The zero-order chi connectivity index (χ0) is 14.5. The van der Waals surface area contributed by atoms with E-state index in [2.05, 4.69) is 60.0 Å². The van der Waals surface area contributed by atoms with Gasteiger partial charge < -0.3 is 10.6 Å². The molecule has 0 saturated heterocycles. The van der Waals surface area contributed by atoms with Crippen molar-refractivity contribution in [3.63, 3.8) is 0 Å². The van der Waals surface area contributed by atoms with Crippen LogP contribution in [0.5, 0.6) is 0 Å². The summed E-state index contributed by atoms with van der Waals surface area (Å²) in [5, 5.41) is 6.84. The highest BCUT2D eigenvalue weighted by atomic mass is 14.9. The standard InChI is InChI=1S/C19H18N2/c1-15-14-18(20-16-8-4-2-5-9-16)12-13-19(15)21-17-10-6-3-7-11-17/h2-14,20-21H,1H3. The maximum absolute atomic E-state index is 3.44. The van der Waals surface area contributed by atoms with Crippen LogP contribution in [0.25, 0.3) is 0 Å². The van der Waals surface area contributed by atoms with Gasteiger partial charge in [-0.2, -0.15) is 0 Å². The first-order chi connectivity index (χ1) is 10.3. The predicted octanol–water partition coefficient (Wildman–Crippen LogP) is 5.48. The Kier molecular flexibility index (Phi) is 3.88. The molecule has 21 heavy (non-hydrogen) atoms. The smallest absolute Gasteiger partial charge is 0.0415 e. The first-order valence-electron chi connectivity index (χ1n) is 7.06. The van der Waals surface area contributed by atoms with Crippen LogP contribution in [0.3, 0.4) is 0 Å². The number of hydrogen-bond donors (Lipinski definition) is 2. The van der Waals surface area contributed by atoms with E-state index in [0.29, 0.717) is 0 Å². The number of nitrogens with one attached hydrogen (secondary N) is 2. The van der Waals surface area contributed by atoms with E-state index in [9.17, 15) is 0 Å². The summed E-state index contributed by atoms with van der Waals surface area (Å²) in [5.41, 5.74) is 5.63. The maximum Gasteiger partial charge on any atom is 0.0415 e. The van der Waals surface area contributed by atoms with E-state index in [4.69, 9.17) is 0 Å². The topological polar surface area (TPSA) is 24.1 Å². The van der Waals surface area contributed by atoms with Crippen LogP contribution in [-0.4, -0.2) is 0 Å². The van der Waals surface area contributed by atoms with Gasteiger partial charge in [-0.25, -0.2) is 0 Å². The summed E-state index contributed by atoms with van der Waals surface area (Å²) in [6.07, 6.45) is 0. The van der Waals surface area contributed by atoms with Gasteiger partial charge in [0.15, 0.2) is 0 Å². The van der Waals surface area contributed by atoms with E-state index in [1.807, 2.05) is 36.4 Å².